The zero-order valence-electron chi connectivity index (χ0n) is 21.7. The molecule has 0 amide bonds. The first-order valence-corrected chi connectivity index (χ1v) is 14.4. The summed E-state index contributed by atoms with van der Waals surface area (Å²) in [4.78, 5) is 30.5. The van der Waals surface area contributed by atoms with E-state index in [-0.39, 0.29) is 46.4 Å². The van der Waals surface area contributed by atoms with Gasteiger partial charge in [0, 0.05) is 22.1 Å². The zero-order valence-corrected chi connectivity index (χ0v) is 22.5. The summed E-state index contributed by atoms with van der Waals surface area (Å²) in [5.74, 6) is 0.528. The van der Waals surface area contributed by atoms with Gasteiger partial charge in [-0.15, -0.1) is 0 Å². The van der Waals surface area contributed by atoms with Gasteiger partial charge in [0.05, 0.1) is 22.4 Å². The Morgan fingerprint density at radius 3 is 2.78 bits per heavy atom. The van der Waals surface area contributed by atoms with Crippen molar-refractivity contribution in [1.29, 1.82) is 0 Å². The molecule has 2 N–H and O–H groups in total. The minimum Gasteiger partial charge on any atom is -0.393 e. The second-order valence-electron chi connectivity index (χ2n) is 12.2. The average Bonchev–Trinajstić information content (AvgIpc) is 3.14. The third kappa shape index (κ3) is 3.63. The molecule has 3 fully saturated rings. The van der Waals surface area contributed by atoms with Crippen molar-refractivity contribution < 1.29 is 19.8 Å². The molecule has 0 radical (unpaired) electrons. The van der Waals surface area contributed by atoms with Crippen LogP contribution in [-0.2, 0) is 9.59 Å². The number of rotatable bonds is 4. The minimum atomic E-state index is -1.47. The Kier molecular flexibility index (Phi) is 5.83. The number of allylic oxidation sites excluding steroid dienone is 4. The molecule has 8 atom stereocenters. The summed E-state index contributed by atoms with van der Waals surface area (Å²) in [7, 11) is 0. The molecule has 0 aliphatic heterocycles. The molecule has 194 valence electrons. The van der Waals surface area contributed by atoms with Crippen molar-refractivity contribution in [2.24, 2.45) is 34.5 Å². The first kappa shape index (κ1) is 25.0. The van der Waals surface area contributed by atoms with E-state index in [0.717, 1.165) is 34.3 Å². The van der Waals surface area contributed by atoms with Gasteiger partial charge in [0.15, 0.2) is 11.6 Å². The Labute approximate surface area is 222 Å². The van der Waals surface area contributed by atoms with E-state index >= 15 is 0 Å². The van der Waals surface area contributed by atoms with Gasteiger partial charge < -0.3 is 10.2 Å². The van der Waals surface area contributed by atoms with Crippen molar-refractivity contribution in [3.05, 3.63) is 60.2 Å². The summed E-state index contributed by atoms with van der Waals surface area (Å²) in [5.41, 5.74) is -0.522. The van der Waals surface area contributed by atoms with Crippen LogP contribution in [0.1, 0.15) is 46.5 Å². The molecule has 37 heavy (non-hydrogen) atoms. The Morgan fingerprint density at radius 2 is 1.97 bits per heavy atom. The van der Waals surface area contributed by atoms with Gasteiger partial charge in [0.25, 0.3) is 0 Å². The summed E-state index contributed by atoms with van der Waals surface area (Å²) in [6.45, 7) is 6.35. The lowest BCUT2D eigenvalue weighted by Crippen LogP contribution is -2.62. The number of nitrogens with zero attached hydrogens (tertiary/aromatic N) is 1. The van der Waals surface area contributed by atoms with Crippen LogP contribution < -0.4 is 0 Å². The third-order valence-electron chi connectivity index (χ3n) is 10.4. The Morgan fingerprint density at radius 1 is 1.19 bits per heavy atom. The van der Waals surface area contributed by atoms with Crippen LogP contribution in [0.5, 0.6) is 0 Å². The highest BCUT2D eigenvalue weighted by Gasteiger charge is 2.68. The molecule has 0 spiro atoms. The SMILES string of the molecule is C[C@H]1CC2C([C@@H](O)CC3(C)C2CC[C@]3(O)C(=O)CSc2ccc3ccccc3n2)C2(C)C=CC(=O)C=C12. The molecule has 1 aromatic carbocycles. The van der Waals surface area contributed by atoms with Crippen molar-refractivity contribution in [1.82, 2.24) is 4.98 Å². The maximum Gasteiger partial charge on any atom is 0.178 e. The number of Topliss-reactive ketones (excluding diaryl/α,β-unsaturated/α-hetero) is 1. The van der Waals surface area contributed by atoms with Crippen LogP contribution in [0.3, 0.4) is 0 Å². The maximum atomic E-state index is 13.7. The van der Waals surface area contributed by atoms with Crippen LogP contribution in [0.2, 0.25) is 0 Å². The van der Waals surface area contributed by atoms with Gasteiger partial charge in [0.2, 0.25) is 0 Å². The molecule has 5 nitrogen and oxygen atoms in total. The molecule has 4 aliphatic carbocycles. The number of thioether (sulfide) groups is 1. The van der Waals surface area contributed by atoms with E-state index in [1.807, 2.05) is 49.4 Å². The number of hydrogen-bond donors (Lipinski definition) is 2. The molecule has 0 bridgehead atoms. The van der Waals surface area contributed by atoms with E-state index in [2.05, 4.69) is 18.8 Å². The van der Waals surface area contributed by atoms with Gasteiger partial charge >= 0.3 is 0 Å². The highest BCUT2D eigenvalue weighted by atomic mass is 32.2. The van der Waals surface area contributed by atoms with Gasteiger partial charge in [0.1, 0.15) is 5.60 Å². The number of hydrogen-bond acceptors (Lipinski definition) is 6. The summed E-state index contributed by atoms with van der Waals surface area (Å²) in [5, 5.41) is 25.4. The first-order valence-electron chi connectivity index (χ1n) is 13.4. The number of aromatic nitrogens is 1. The van der Waals surface area contributed by atoms with Crippen LogP contribution in [0.15, 0.2) is 65.2 Å². The molecule has 0 saturated heterocycles. The van der Waals surface area contributed by atoms with Gasteiger partial charge in [-0.3, -0.25) is 9.59 Å². The molecule has 5 unspecified atom stereocenters. The zero-order chi connectivity index (χ0) is 26.2. The van der Waals surface area contributed by atoms with Crippen LogP contribution in [0.25, 0.3) is 10.9 Å². The predicted molar refractivity (Wildman–Crippen MR) is 145 cm³/mol. The lowest BCUT2D eigenvalue weighted by molar-refractivity contribution is -0.176. The molecule has 3 saturated carbocycles. The van der Waals surface area contributed by atoms with E-state index < -0.39 is 17.1 Å². The second kappa shape index (κ2) is 8.62. The van der Waals surface area contributed by atoms with Crippen molar-refractivity contribution in [3.8, 4) is 0 Å². The van der Waals surface area contributed by atoms with E-state index in [0.29, 0.717) is 12.8 Å². The maximum absolute atomic E-state index is 13.7. The normalized spacial score (nSPS) is 40.6. The molecule has 6 heteroatoms. The van der Waals surface area contributed by atoms with Crippen LogP contribution in [-0.4, -0.2) is 44.2 Å². The molecular weight excluding hydrogens is 482 g/mol. The Hall–Kier alpha value is -2.28. The number of carbonyl (C=O) groups is 2. The molecule has 1 heterocycles. The summed E-state index contributed by atoms with van der Waals surface area (Å²) < 4.78 is 0. The van der Waals surface area contributed by atoms with E-state index in [1.165, 1.54) is 11.8 Å². The van der Waals surface area contributed by atoms with Crippen molar-refractivity contribution in [3.63, 3.8) is 0 Å². The number of pyridine rings is 1. The standard InChI is InChI=1S/C31H35NO4S/c1-18-14-21-22-11-13-31(36,26(35)17-37-27-9-8-19-6-4-5-7-24(19)32-27)30(22,3)16-25(34)28(21)29(2)12-10-20(33)15-23(18)29/h4-10,12,15,18,21-22,25,28,34,36H,11,13-14,16-17H2,1-3H3/t18-,21?,22?,25-,28?,29?,30?,31-/m0/s1. The number of ketones is 2. The quantitative estimate of drug-likeness (QED) is 0.546. The molecule has 2 aromatic rings. The number of aliphatic hydroxyl groups excluding tert-OH is 1. The third-order valence-corrected chi connectivity index (χ3v) is 11.3. The minimum absolute atomic E-state index is 0.0205. The van der Waals surface area contributed by atoms with E-state index in [4.69, 9.17) is 0 Å². The summed E-state index contributed by atoms with van der Waals surface area (Å²) in [6.07, 6.45) is 7.22. The summed E-state index contributed by atoms with van der Waals surface area (Å²) >= 11 is 1.37. The monoisotopic (exact) mass is 517 g/mol. The molecule has 4 aliphatic rings. The van der Waals surface area contributed by atoms with E-state index in [9.17, 15) is 19.8 Å². The molecule has 6 rings (SSSR count). The number of carbonyl (C=O) groups excluding carboxylic acids is 2. The summed E-state index contributed by atoms with van der Waals surface area (Å²) in [6, 6.07) is 11.8. The van der Waals surface area contributed by atoms with Gasteiger partial charge in [-0.05, 0) is 67.7 Å². The van der Waals surface area contributed by atoms with Crippen LogP contribution in [0.4, 0.5) is 0 Å². The molecular formula is C31H35NO4S. The largest absolute Gasteiger partial charge is 0.393 e. The van der Waals surface area contributed by atoms with Crippen LogP contribution >= 0.6 is 11.8 Å². The lowest BCUT2D eigenvalue weighted by atomic mass is 9.45. The smallest absolute Gasteiger partial charge is 0.178 e. The Bertz CT molecular complexity index is 1350. The number of benzene rings is 1. The fraction of sp³-hybridized carbons (Fsp3) is 0.516. The van der Waals surface area contributed by atoms with Crippen molar-refractivity contribution in [2.45, 2.75) is 63.2 Å². The fourth-order valence-electron chi connectivity index (χ4n) is 8.60. The van der Waals surface area contributed by atoms with Crippen LogP contribution in [0, 0.1) is 34.5 Å². The second-order valence-corrected chi connectivity index (χ2v) is 13.2. The van der Waals surface area contributed by atoms with E-state index in [1.54, 1.807) is 12.2 Å². The topological polar surface area (TPSA) is 87.5 Å². The molecule has 1 aromatic heterocycles. The number of fused-ring (bicyclic) bond motifs is 6. The van der Waals surface area contributed by atoms with Gasteiger partial charge in [-0.1, -0.05) is 68.4 Å². The van der Waals surface area contributed by atoms with Gasteiger partial charge in [-0.2, -0.15) is 0 Å². The van der Waals surface area contributed by atoms with Gasteiger partial charge in [-0.25, -0.2) is 4.98 Å². The first-order chi connectivity index (χ1) is 17.6. The average molecular weight is 518 g/mol. The number of para-hydroxylation sites is 1. The highest BCUT2D eigenvalue weighted by molar-refractivity contribution is 7.99. The van der Waals surface area contributed by atoms with Crippen molar-refractivity contribution in [2.75, 3.05) is 5.75 Å². The van der Waals surface area contributed by atoms with Crippen molar-refractivity contribution >= 4 is 34.2 Å². The predicted octanol–water partition coefficient (Wildman–Crippen LogP) is 5.15. The highest BCUT2D eigenvalue weighted by Crippen LogP contribution is 2.67. The lowest BCUT2D eigenvalue weighted by Gasteiger charge is -2.60. The number of aliphatic hydroxyl groups is 2. The Balaban J connectivity index is 1.26. The fourth-order valence-corrected chi connectivity index (χ4v) is 9.44.